The first-order valence-electron chi connectivity index (χ1n) is 7.94. The molecular formula is C17H11Cl4N3O4S2. The number of benzene rings is 2. The largest absolute Gasteiger partial charge is 0.486 e. The second-order valence-electron chi connectivity index (χ2n) is 5.66. The van der Waals surface area contributed by atoms with Crippen molar-refractivity contribution < 1.29 is 17.9 Å². The summed E-state index contributed by atoms with van der Waals surface area (Å²) in [5, 5.41) is 3.07. The molecule has 3 aromatic rings. The number of halogens is 4. The van der Waals surface area contributed by atoms with E-state index >= 15 is 0 Å². The van der Waals surface area contributed by atoms with Gasteiger partial charge in [-0.1, -0.05) is 46.4 Å². The zero-order chi connectivity index (χ0) is 21.9. The van der Waals surface area contributed by atoms with E-state index in [1.807, 2.05) is 4.83 Å². The van der Waals surface area contributed by atoms with E-state index in [1.54, 1.807) is 18.2 Å². The van der Waals surface area contributed by atoms with Crippen molar-refractivity contribution in [2.24, 2.45) is 0 Å². The van der Waals surface area contributed by atoms with Gasteiger partial charge in [-0.05, 0) is 36.4 Å². The van der Waals surface area contributed by atoms with Crippen LogP contribution in [-0.2, 0) is 16.6 Å². The van der Waals surface area contributed by atoms with Gasteiger partial charge in [0, 0.05) is 15.4 Å². The summed E-state index contributed by atoms with van der Waals surface area (Å²) in [6.07, 6.45) is 0. The number of rotatable bonds is 7. The minimum Gasteiger partial charge on any atom is -0.486 e. The topological polar surface area (TPSA) is 97.4 Å². The van der Waals surface area contributed by atoms with Crippen molar-refractivity contribution in [3.8, 4) is 5.75 Å². The molecule has 0 spiro atoms. The molecule has 0 atom stereocenters. The Morgan fingerprint density at radius 3 is 2.40 bits per heavy atom. The number of ether oxygens (including phenoxy) is 1. The van der Waals surface area contributed by atoms with Crippen LogP contribution in [0.25, 0.3) is 0 Å². The van der Waals surface area contributed by atoms with Gasteiger partial charge in [0.15, 0.2) is 0 Å². The molecule has 2 N–H and O–H groups in total. The first-order chi connectivity index (χ1) is 14.1. The fourth-order valence-electron chi connectivity index (χ4n) is 2.12. The van der Waals surface area contributed by atoms with Crippen molar-refractivity contribution in [3.63, 3.8) is 0 Å². The molecule has 0 saturated carbocycles. The van der Waals surface area contributed by atoms with Crippen LogP contribution < -0.4 is 15.0 Å². The molecule has 3 rings (SSSR count). The quantitative estimate of drug-likeness (QED) is 0.424. The second-order valence-corrected chi connectivity index (χ2v) is 9.97. The molecule has 1 aromatic heterocycles. The van der Waals surface area contributed by atoms with E-state index in [2.05, 4.69) is 10.4 Å². The summed E-state index contributed by atoms with van der Waals surface area (Å²) in [6, 6.07) is 8.50. The van der Waals surface area contributed by atoms with E-state index in [4.69, 9.17) is 51.1 Å². The Kier molecular flexibility index (Phi) is 7.46. The Labute approximate surface area is 195 Å². The van der Waals surface area contributed by atoms with Gasteiger partial charge in [-0.2, -0.15) is 0 Å². The van der Waals surface area contributed by atoms with Gasteiger partial charge in [-0.15, -0.1) is 16.2 Å². The lowest BCUT2D eigenvalue weighted by Gasteiger charge is -2.08. The molecule has 0 aliphatic heterocycles. The predicted molar refractivity (Wildman–Crippen MR) is 117 cm³/mol. The Hall–Kier alpha value is -1.59. The first kappa shape index (κ1) is 23.1. The molecule has 0 unspecified atom stereocenters. The van der Waals surface area contributed by atoms with E-state index in [0.29, 0.717) is 20.8 Å². The minimum absolute atomic E-state index is 0.0135. The summed E-state index contributed by atoms with van der Waals surface area (Å²) in [5.74, 6) is -0.296. The predicted octanol–water partition coefficient (Wildman–Crippen LogP) is 4.96. The maximum absolute atomic E-state index is 12.3. The van der Waals surface area contributed by atoms with Crippen LogP contribution >= 0.6 is 57.7 Å². The van der Waals surface area contributed by atoms with Crippen LogP contribution in [0.5, 0.6) is 5.75 Å². The van der Waals surface area contributed by atoms with Crippen LogP contribution in [0, 0.1) is 0 Å². The average molecular weight is 527 g/mol. The maximum atomic E-state index is 12.3. The van der Waals surface area contributed by atoms with Crippen LogP contribution in [0.1, 0.15) is 15.5 Å². The highest BCUT2D eigenvalue weighted by Crippen LogP contribution is 2.26. The molecule has 30 heavy (non-hydrogen) atoms. The number of thiazole rings is 1. The van der Waals surface area contributed by atoms with E-state index in [9.17, 15) is 13.2 Å². The number of hydrogen-bond acceptors (Lipinski definition) is 6. The normalized spacial score (nSPS) is 11.3. The third-order valence-electron chi connectivity index (χ3n) is 3.48. The zero-order valence-electron chi connectivity index (χ0n) is 14.7. The highest BCUT2D eigenvalue weighted by atomic mass is 35.5. The number of hydrazine groups is 1. The Morgan fingerprint density at radius 1 is 1.03 bits per heavy atom. The molecule has 0 radical (unpaired) electrons. The molecule has 0 saturated heterocycles. The minimum atomic E-state index is -4.05. The summed E-state index contributed by atoms with van der Waals surface area (Å²) >= 11 is 24.6. The molecule has 0 bridgehead atoms. The fraction of sp³-hybridized carbons (Fsp3) is 0.0588. The first-order valence-corrected chi connectivity index (χ1v) is 11.8. The average Bonchev–Trinajstić information content (AvgIpc) is 3.15. The molecule has 0 fully saturated rings. The SMILES string of the molecule is O=C(NNS(=O)(=O)c1ccc(Cl)c(Cl)c1)c1csc(COc2cc(Cl)cc(Cl)c2)n1. The smallest absolute Gasteiger partial charge is 0.285 e. The lowest BCUT2D eigenvalue weighted by atomic mass is 10.3. The van der Waals surface area contributed by atoms with Crippen LogP contribution in [0.2, 0.25) is 20.1 Å². The monoisotopic (exact) mass is 525 g/mol. The van der Waals surface area contributed by atoms with Gasteiger partial charge in [0.1, 0.15) is 23.1 Å². The molecule has 2 aromatic carbocycles. The van der Waals surface area contributed by atoms with Crippen LogP contribution in [0.3, 0.4) is 0 Å². The second kappa shape index (κ2) is 9.69. The van der Waals surface area contributed by atoms with Crippen LogP contribution in [-0.4, -0.2) is 19.3 Å². The molecule has 7 nitrogen and oxygen atoms in total. The van der Waals surface area contributed by atoms with Crippen molar-refractivity contribution in [3.05, 3.63) is 72.6 Å². The van der Waals surface area contributed by atoms with Gasteiger partial charge in [-0.3, -0.25) is 10.2 Å². The van der Waals surface area contributed by atoms with E-state index < -0.39 is 15.9 Å². The number of carbonyl (C=O) groups excluding carboxylic acids is 1. The van der Waals surface area contributed by atoms with Crippen LogP contribution in [0.4, 0.5) is 0 Å². The Balaban J connectivity index is 1.60. The standard InChI is InChI=1S/C17H11Cl4N3O4S2/c18-9-3-10(19)5-11(4-9)28-7-16-22-15(8-29-16)17(25)23-24-30(26,27)12-1-2-13(20)14(21)6-12/h1-6,8,24H,7H2,(H,23,25). The highest BCUT2D eigenvalue weighted by molar-refractivity contribution is 7.89. The summed E-state index contributed by atoms with van der Waals surface area (Å²) in [5.41, 5.74) is 2.10. The number of nitrogens with zero attached hydrogens (tertiary/aromatic N) is 1. The van der Waals surface area contributed by atoms with Gasteiger partial charge >= 0.3 is 0 Å². The van der Waals surface area contributed by atoms with Crippen molar-refractivity contribution in [2.45, 2.75) is 11.5 Å². The third kappa shape index (κ3) is 5.98. The zero-order valence-corrected chi connectivity index (χ0v) is 19.3. The molecule has 158 valence electrons. The van der Waals surface area contributed by atoms with Crippen LogP contribution in [0.15, 0.2) is 46.7 Å². The lowest BCUT2D eigenvalue weighted by Crippen LogP contribution is -2.41. The van der Waals surface area contributed by atoms with Crippen molar-refractivity contribution in [1.29, 1.82) is 0 Å². The molecule has 13 heteroatoms. The number of hydrogen-bond donors (Lipinski definition) is 2. The molecular weight excluding hydrogens is 516 g/mol. The lowest BCUT2D eigenvalue weighted by molar-refractivity contribution is 0.0940. The number of nitrogens with one attached hydrogen (secondary N) is 2. The Bertz CT molecular complexity index is 1180. The summed E-state index contributed by atoms with van der Waals surface area (Å²) in [7, 11) is -4.05. The maximum Gasteiger partial charge on any atom is 0.285 e. The highest BCUT2D eigenvalue weighted by Gasteiger charge is 2.18. The molecule has 0 aliphatic carbocycles. The van der Waals surface area contributed by atoms with E-state index in [1.165, 1.54) is 34.9 Å². The number of aromatic nitrogens is 1. The van der Waals surface area contributed by atoms with Gasteiger partial charge in [0.05, 0.1) is 14.9 Å². The van der Waals surface area contributed by atoms with E-state index in [-0.39, 0.29) is 27.2 Å². The van der Waals surface area contributed by atoms with Crippen molar-refractivity contribution in [2.75, 3.05) is 0 Å². The third-order valence-corrected chi connectivity index (χ3v) is 6.73. The van der Waals surface area contributed by atoms with Gasteiger partial charge in [-0.25, -0.2) is 13.4 Å². The summed E-state index contributed by atoms with van der Waals surface area (Å²) in [4.78, 5) is 18.1. The molecule has 0 aliphatic rings. The van der Waals surface area contributed by atoms with E-state index in [0.717, 1.165) is 0 Å². The summed E-state index contributed by atoms with van der Waals surface area (Å²) < 4.78 is 30.1. The van der Waals surface area contributed by atoms with Crippen molar-refractivity contribution >= 4 is 73.7 Å². The van der Waals surface area contributed by atoms with Gasteiger partial charge in [0.25, 0.3) is 15.9 Å². The fourth-order valence-corrected chi connectivity index (χ4v) is 4.54. The number of carbonyl (C=O) groups is 1. The molecule has 1 heterocycles. The summed E-state index contributed by atoms with van der Waals surface area (Å²) in [6.45, 7) is 0.0730. The number of sulfonamides is 1. The van der Waals surface area contributed by atoms with Gasteiger partial charge < -0.3 is 4.74 Å². The van der Waals surface area contributed by atoms with Gasteiger partial charge in [0.2, 0.25) is 0 Å². The number of amides is 1. The molecule has 1 amide bonds. The van der Waals surface area contributed by atoms with Crippen molar-refractivity contribution in [1.82, 2.24) is 15.2 Å². The Morgan fingerprint density at radius 2 is 1.73 bits per heavy atom.